The zero-order chi connectivity index (χ0) is 24.6. The van der Waals surface area contributed by atoms with Gasteiger partial charge in [-0.1, -0.05) is 6.07 Å². The number of carbonyl (C=O) groups excluding carboxylic acids is 1. The van der Waals surface area contributed by atoms with Gasteiger partial charge in [0, 0.05) is 12.4 Å². The molecule has 3 aromatic heterocycles. The molecule has 0 saturated carbocycles. The number of nitrogens with one attached hydrogen (secondary N) is 1. The van der Waals surface area contributed by atoms with Crippen molar-refractivity contribution in [3.8, 4) is 5.75 Å². The SMILES string of the molecule is Cc1cc(OCc2c(F)cccc2F)c2nc(C)c(C(=O)Nc3cnn(CC(F)(F)F)c3)n2c1. The Bertz CT molecular complexity index is 1360. The first-order chi connectivity index (χ1) is 16.0. The third-order valence-corrected chi connectivity index (χ3v) is 4.88. The number of hydrogen-bond acceptors (Lipinski definition) is 4. The summed E-state index contributed by atoms with van der Waals surface area (Å²) in [7, 11) is 0. The standard InChI is InChI=1S/C22H18F5N5O2/c1-12-6-18(34-10-15-16(23)4-3-5-17(15)24)20-29-13(2)19(32(20)8-12)21(33)30-14-7-28-31(9-14)11-22(25,26)27/h3-9H,10-11H2,1-2H3,(H,30,33). The second-order valence-corrected chi connectivity index (χ2v) is 7.61. The maximum absolute atomic E-state index is 14.0. The van der Waals surface area contributed by atoms with Crippen LogP contribution in [0.25, 0.3) is 5.65 Å². The number of alkyl halides is 3. The molecule has 1 amide bonds. The summed E-state index contributed by atoms with van der Waals surface area (Å²) in [5.74, 6) is -1.94. The molecule has 0 atom stereocenters. The van der Waals surface area contributed by atoms with E-state index in [1.54, 1.807) is 26.1 Å². The molecule has 4 rings (SSSR count). The molecule has 178 valence electrons. The lowest BCUT2D eigenvalue weighted by molar-refractivity contribution is -0.142. The van der Waals surface area contributed by atoms with Crippen LogP contribution in [0.3, 0.4) is 0 Å². The Kier molecular flexibility index (Phi) is 5.98. The van der Waals surface area contributed by atoms with Crippen molar-refractivity contribution in [2.75, 3.05) is 5.32 Å². The van der Waals surface area contributed by atoms with Gasteiger partial charge in [0.15, 0.2) is 11.4 Å². The van der Waals surface area contributed by atoms with E-state index in [4.69, 9.17) is 4.74 Å². The fourth-order valence-electron chi connectivity index (χ4n) is 3.45. The predicted molar refractivity (Wildman–Crippen MR) is 112 cm³/mol. The Morgan fingerprint density at radius 1 is 1.15 bits per heavy atom. The quantitative estimate of drug-likeness (QED) is 0.403. The Hall–Kier alpha value is -3.96. The van der Waals surface area contributed by atoms with Crippen molar-refractivity contribution in [1.82, 2.24) is 19.2 Å². The molecule has 0 saturated heterocycles. The van der Waals surface area contributed by atoms with Gasteiger partial charge >= 0.3 is 6.18 Å². The van der Waals surface area contributed by atoms with E-state index in [0.717, 1.165) is 24.5 Å². The first kappa shape index (κ1) is 23.2. The summed E-state index contributed by atoms with van der Waals surface area (Å²) < 4.78 is 73.3. The largest absolute Gasteiger partial charge is 0.485 e. The number of pyridine rings is 1. The molecule has 0 spiro atoms. The van der Waals surface area contributed by atoms with E-state index < -0.39 is 36.9 Å². The molecule has 0 radical (unpaired) electrons. The number of anilines is 1. The molecule has 1 aromatic carbocycles. The molecule has 12 heteroatoms. The van der Waals surface area contributed by atoms with E-state index in [1.807, 2.05) is 0 Å². The average Bonchev–Trinajstić information content (AvgIpc) is 3.28. The van der Waals surface area contributed by atoms with Crippen LogP contribution in [0.5, 0.6) is 5.75 Å². The van der Waals surface area contributed by atoms with Gasteiger partial charge in [0.1, 0.15) is 30.5 Å². The number of amides is 1. The minimum atomic E-state index is -4.45. The Morgan fingerprint density at radius 3 is 2.53 bits per heavy atom. The number of carbonyl (C=O) groups is 1. The number of halogens is 5. The molecule has 0 bridgehead atoms. The molecule has 0 aliphatic rings. The number of nitrogens with zero attached hydrogens (tertiary/aromatic N) is 4. The summed E-state index contributed by atoms with van der Waals surface area (Å²) in [6.45, 7) is 1.61. The molecule has 3 heterocycles. The van der Waals surface area contributed by atoms with Crippen molar-refractivity contribution in [3.05, 3.63) is 77.0 Å². The van der Waals surface area contributed by atoms with Crippen LogP contribution in [0.15, 0.2) is 42.9 Å². The van der Waals surface area contributed by atoms with Gasteiger partial charge in [0.25, 0.3) is 5.91 Å². The first-order valence-corrected chi connectivity index (χ1v) is 9.97. The molecular formula is C22H18F5N5O2. The lowest BCUT2D eigenvalue weighted by Crippen LogP contribution is -2.18. The molecule has 0 aliphatic carbocycles. The average molecular weight is 479 g/mol. The highest BCUT2D eigenvalue weighted by Crippen LogP contribution is 2.26. The smallest absolute Gasteiger partial charge is 0.408 e. The van der Waals surface area contributed by atoms with Crippen molar-refractivity contribution in [2.24, 2.45) is 0 Å². The van der Waals surface area contributed by atoms with Gasteiger partial charge in [0.2, 0.25) is 0 Å². The van der Waals surface area contributed by atoms with Crippen molar-refractivity contribution in [3.63, 3.8) is 0 Å². The van der Waals surface area contributed by atoms with E-state index in [9.17, 15) is 26.7 Å². The molecule has 1 N–H and O–H groups in total. The molecule has 4 aromatic rings. The topological polar surface area (TPSA) is 73.4 Å². The highest BCUT2D eigenvalue weighted by molar-refractivity contribution is 6.04. The lowest BCUT2D eigenvalue weighted by atomic mass is 10.2. The Morgan fingerprint density at radius 2 is 1.85 bits per heavy atom. The van der Waals surface area contributed by atoms with E-state index in [0.29, 0.717) is 15.9 Å². The Labute approximate surface area is 189 Å². The number of imidazole rings is 1. The van der Waals surface area contributed by atoms with Gasteiger partial charge in [-0.05, 0) is 37.6 Å². The van der Waals surface area contributed by atoms with E-state index in [-0.39, 0.29) is 28.3 Å². The van der Waals surface area contributed by atoms with Crippen molar-refractivity contribution >= 4 is 17.2 Å². The third kappa shape index (κ3) is 4.85. The molecular weight excluding hydrogens is 461 g/mol. The predicted octanol–water partition coefficient (Wildman–Crippen LogP) is 4.82. The highest BCUT2D eigenvalue weighted by Gasteiger charge is 2.28. The first-order valence-electron chi connectivity index (χ1n) is 9.97. The van der Waals surface area contributed by atoms with Gasteiger partial charge in [-0.25, -0.2) is 13.8 Å². The number of hydrogen-bond donors (Lipinski definition) is 1. The minimum absolute atomic E-state index is 0.0720. The minimum Gasteiger partial charge on any atom is -0.485 e. The van der Waals surface area contributed by atoms with Crippen molar-refractivity contribution in [2.45, 2.75) is 33.2 Å². The van der Waals surface area contributed by atoms with Crippen LogP contribution in [-0.2, 0) is 13.2 Å². The van der Waals surface area contributed by atoms with Crippen LogP contribution in [0.4, 0.5) is 27.6 Å². The van der Waals surface area contributed by atoms with Crippen LogP contribution in [0.2, 0.25) is 0 Å². The van der Waals surface area contributed by atoms with Gasteiger partial charge in [-0.15, -0.1) is 0 Å². The summed E-state index contributed by atoms with van der Waals surface area (Å²) in [4.78, 5) is 17.3. The van der Waals surface area contributed by atoms with E-state index >= 15 is 0 Å². The number of rotatable bonds is 6. The molecule has 34 heavy (non-hydrogen) atoms. The Balaban J connectivity index is 1.61. The summed E-state index contributed by atoms with van der Waals surface area (Å²) >= 11 is 0. The normalized spacial score (nSPS) is 11.7. The van der Waals surface area contributed by atoms with Crippen LogP contribution in [-0.4, -0.2) is 31.2 Å². The van der Waals surface area contributed by atoms with Gasteiger partial charge in [0.05, 0.1) is 23.1 Å². The molecule has 0 fully saturated rings. The van der Waals surface area contributed by atoms with Crippen LogP contribution in [0.1, 0.15) is 27.3 Å². The van der Waals surface area contributed by atoms with Crippen molar-refractivity contribution < 1.29 is 31.5 Å². The molecule has 0 aliphatic heterocycles. The third-order valence-electron chi connectivity index (χ3n) is 4.88. The molecule has 7 nitrogen and oxygen atoms in total. The van der Waals surface area contributed by atoms with Gasteiger partial charge in [-0.2, -0.15) is 18.3 Å². The zero-order valence-electron chi connectivity index (χ0n) is 18.0. The number of fused-ring (bicyclic) bond motifs is 1. The highest BCUT2D eigenvalue weighted by atomic mass is 19.4. The van der Waals surface area contributed by atoms with E-state index in [2.05, 4.69) is 15.4 Å². The maximum atomic E-state index is 14.0. The second-order valence-electron chi connectivity index (χ2n) is 7.61. The number of aromatic nitrogens is 4. The summed E-state index contributed by atoms with van der Waals surface area (Å²) in [6.07, 6.45) is -0.670. The molecule has 0 unspecified atom stereocenters. The number of benzene rings is 1. The fourth-order valence-corrected chi connectivity index (χ4v) is 3.45. The fraction of sp³-hybridized carbons (Fsp3) is 0.227. The van der Waals surface area contributed by atoms with Crippen LogP contribution in [0, 0.1) is 25.5 Å². The zero-order valence-corrected chi connectivity index (χ0v) is 18.0. The number of aryl methyl sites for hydroxylation is 2. The van der Waals surface area contributed by atoms with Gasteiger partial charge in [-0.3, -0.25) is 13.9 Å². The number of ether oxygens (including phenoxy) is 1. The summed E-state index contributed by atoms with van der Waals surface area (Å²) in [5, 5.41) is 6.10. The van der Waals surface area contributed by atoms with E-state index in [1.165, 1.54) is 10.5 Å². The maximum Gasteiger partial charge on any atom is 0.408 e. The van der Waals surface area contributed by atoms with Crippen LogP contribution >= 0.6 is 0 Å². The van der Waals surface area contributed by atoms with Crippen LogP contribution < -0.4 is 10.1 Å². The van der Waals surface area contributed by atoms with Gasteiger partial charge < -0.3 is 10.1 Å². The summed E-state index contributed by atoms with van der Waals surface area (Å²) in [6, 6.07) is 5.09. The summed E-state index contributed by atoms with van der Waals surface area (Å²) in [5.41, 5.74) is 1.15. The lowest BCUT2D eigenvalue weighted by Gasteiger charge is -2.11. The van der Waals surface area contributed by atoms with Crippen molar-refractivity contribution in [1.29, 1.82) is 0 Å². The monoisotopic (exact) mass is 479 g/mol. The second kappa shape index (κ2) is 8.76.